The van der Waals surface area contributed by atoms with E-state index in [4.69, 9.17) is 4.74 Å². The van der Waals surface area contributed by atoms with Crippen LogP contribution in [0.2, 0.25) is 0 Å². The summed E-state index contributed by atoms with van der Waals surface area (Å²) in [7, 11) is 1.61. The summed E-state index contributed by atoms with van der Waals surface area (Å²) in [6.07, 6.45) is 2.63. The standard InChI is InChI=1S/C24H29N3O4/c1-4-5-17-6-10-19(11-7-17)24(2)22(29)27(23(30)26-24)16-21(28)25-15-14-18-8-12-20(31-3)13-9-18/h6-13H,4-5,14-16H2,1-3H3,(H,25,28)(H,26,30). The van der Waals surface area contributed by atoms with Gasteiger partial charge in [-0.2, -0.15) is 0 Å². The minimum Gasteiger partial charge on any atom is -0.497 e. The highest BCUT2D eigenvalue weighted by Gasteiger charge is 2.49. The van der Waals surface area contributed by atoms with Crippen LogP contribution < -0.4 is 15.4 Å². The van der Waals surface area contributed by atoms with Gasteiger partial charge in [-0.15, -0.1) is 0 Å². The first-order valence-electron chi connectivity index (χ1n) is 10.5. The zero-order valence-electron chi connectivity index (χ0n) is 18.2. The van der Waals surface area contributed by atoms with Crippen molar-refractivity contribution in [2.45, 2.75) is 38.6 Å². The summed E-state index contributed by atoms with van der Waals surface area (Å²) in [5, 5.41) is 5.51. The third kappa shape index (κ3) is 5.05. The van der Waals surface area contributed by atoms with Gasteiger partial charge in [0.25, 0.3) is 5.91 Å². The SMILES string of the molecule is CCCc1ccc(C2(C)NC(=O)N(CC(=O)NCCc3ccc(OC)cc3)C2=O)cc1. The van der Waals surface area contributed by atoms with Crippen molar-refractivity contribution >= 4 is 17.8 Å². The van der Waals surface area contributed by atoms with Gasteiger partial charge in [-0.3, -0.25) is 14.5 Å². The molecule has 0 spiro atoms. The molecule has 164 valence electrons. The van der Waals surface area contributed by atoms with E-state index in [9.17, 15) is 14.4 Å². The first kappa shape index (κ1) is 22.3. The van der Waals surface area contributed by atoms with Crippen molar-refractivity contribution in [2.75, 3.05) is 20.2 Å². The van der Waals surface area contributed by atoms with Crippen molar-refractivity contribution in [2.24, 2.45) is 0 Å². The summed E-state index contributed by atoms with van der Waals surface area (Å²) in [5.74, 6) is -0.0278. The van der Waals surface area contributed by atoms with Crippen molar-refractivity contribution in [3.8, 4) is 5.75 Å². The highest BCUT2D eigenvalue weighted by atomic mass is 16.5. The topological polar surface area (TPSA) is 87.7 Å². The molecular weight excluding hydrogens is 394 g/mol. The Morgan fingerprint density at radius 2 is 1.65 bits per heavy atom. The fraction of sp³-hybridized carbons (Fsp3) is 0.375. The van der Waals surface area contributed by atoms with Crippen molar-refractivity contribution in [1.82, 2.24) is 15.5 Å². The summed E-state index contributed by atoms with van der Waals surface area (Å²) in [5.41, 5.74) is 1.76. The summed E-state index contributed by atoms with van der Waals surface area (Å²) in [4.78, 5) is 38.7. The number of carbonyl (C=O) groups is 3. The predicted octanol–water partition coefficient (Wildman–Crippen LogP) is 2.77. The third-order valence-corrected chi connectivity index (χ3v) is 5.54. The van der Waals surface area contributed by atoms with E-state index in [1.165, 1.54) is 5.56 Å². The Bertz CT molecular complexity index is 940. The Labute approximate surface area is 182 Å². The van der Waals surface area contributed by atoms with Crippen LogP contribution in [0.15, 0.2) is 48.5 Å². The first-order chi connectivity index (χ1) is 14.9. The van der Waals surface area contributed by atoms with E-state index in [1.54, 1.807) is 14.0 Å². The lowest BCUT2D eigenvalue weighted by molar-refractivity contribution is -0.134. The fourth-order valence-corrected chi connectivity index (χ4v) is 3.67. The van der Waals surface area contributed by atoms with E-state index in [1.807, 2.05) is 48.5 Å². The zero-order chi connectivity index (χ0) is 22.4. The van der Waals surface area contributed by atoms with Gasteiger partial charge >= 0.3 is 6.03 Å². The molecule has 0 radical (unpaired) electrons. The van der Waals surface area contributed by atoms with Crippen LogP contribution in [0.25, 0.3) is 0 Å². The van der Waals surface area contributed by atoms with E-state index < -0.39 is 17.5 Å². The lowest BCUT2D eigenvalue weighted by Gasteiger charge is -2.22. The average molecular weight is 424 g/mol. The van der Waals surface area contributed by atoms with Crippen LogP contribution >= 0.6 is 0 Å². The second kappa shape index (κ2) is 9.64. The van der Waals surface area contributed by atoms with Crippen molar-refractivity contribution in [3.63, 3.8) is 0 Å². The molecule has 1 fully saturated rings. The molecule has 1 aliphatic heterocycles. The molecule has 2 N–H and O–H groups in total. The van der Waals surface area contributed by atoms with Gasteiger partial charge in [0.1, 0.15) is 17.8 Å². The van der Waals surface area contributed by atoms with E-state index in [0.29, 0.717) is 18.5 Å². The summed E-state index contributed by atoms with van der Waals surface area (Å²) < 4.78 is 5.13. The smallest absolute Gasteiger partial charge is 0.325 e. The van der Waals surface area contributed by atoms with Gasteiger partial charge in [-0.25, -0.2) is 4.79 Å². The maximum absolute atomic E-state index is 13.0. The van der Waals surface area contributed by atoms with Crippen molar-refractivity contribution in [3.05, 3.63) is 65.2 Å². The number of methoxy groups -OCH3 is 1. The molecule has 1 unspecified atom stereocenters. The maximum atomic E-state index is 13.0. The van der Waals surface area contributed by atoms with Gasteiger partial charge in [-0.05, 0) is 48.6 Å². The number of benzene rings is 2. The molecule has 1 atom stereocenters. The van der Waals surface area contributed by atoms with Gasteiger partial charge in [0.05, 0.1) is 7.11 Å². The molecule has 1 heterocycles. The summed E-state index contributed by atoms with van der Waals surface area (Å²) in [6, 6.07) is 14.7. The number of ether oxygens (including phenoxy) is 1. The molecule has 31 heavy (non-hydrogen) atoms. The molecule has 7 nitrogen and oxygen atoms in total. The predicted molar refractivity (Wildman–Crippen MR) is 118 cm³/mol. The molecule has 2 aromatic rings. The van der Waals surface area contributed by atoms with E-state index in [2.05, 4.69) is 17.6 Å². The van der Waals surface area contributed by atoms with Crippen LogP contribution in [0.3, 0.4) is 0 Å². The molecule has 1 aliphatic rings. The molecular formula is C24H29N3O4. The van der Waals surface area contributed by atoms with E-state index >= 15 is 0 Å². The normalized spacial score (nSPS) is 18.1. The third-order valence-electron chi connectivity index (χ3n) is 5.54. The second-order valence-corrected chi connectivity index (χ2v) is 7.84. The highest BCUT2D eigenvalue weighted by Crippen LogP contribution is 2.29. The number of hydrogen-bond donors (Lipinski definition) is 2. The summed E-state index contributed by atoms with van der Waals surface area (Å²) in [6.45, 7) is 3.88. The number of imide groups is 1. The van der Waals surface area contributed by atoms with Crippen LogP contribution in [-0.2, 0) is 28.0 Å². The minimum atomic E-state index is -1.18. The Morgan fingerprint density at radius 1 is 1.03 bits per heavy atom. The lowest BCUT2D eigenvalue weighted by Crippen LogP contribution is -2.43. The molecule has 0 aromatic heterocycles. The molecule has 0 saturated carbocycles. The number of hydrogen-bond acceptors (Lipinski definition) is 4. The number of amides is 4. The van der Waals surface area contributed by atoms with E-state index in [0.717, 1.165) is 29.1 Å². The van der Waals surface area contributed by atoms with Crippen LogP contribution in [0.5, 0.6) is 5.75 Å². The van der Waals surface area contributed by atoms with E-state index in [-0.39, 0.29) is 12.5 Å². The molecule has 3 rings (SSSR count). The number of nitrogens with one attached hydrogen (secondary N) is 2. The quantitative estimate of drug-likeness (QED) is 0.607. The lowest BCUT2D eigenvalue weighted by atomic mass is 9.91. The number of aryl methyl sites for hydroxylation is 1. The number of rotatable bonds is 9. The molecule has 2 aromatic carbocycles. The maximum Gasteiger partial charge on any atom is 0.325 e. The first-order valence-corrected chi connectivity index (χ1v) is 10.5. The van der Waals surface area contributed by atoms with Crippen LogP contribution in [0.1, 0.15) is 37.0 Å². The zero-order valence-corrected chi connectivity index (χ0v) is 18.2. The van der Waals surface area contributed by atoms with Gasteiger partial charge in [0, 0.05) is 6.54 Å². The van der Waals surface area contributed by atoms with Gasteiger partial charge in [0.2, 0.25) is 5.91 Å². The minimum absolute atomic E-state index is 0.309. The monoisotopic (exact) mass is 423 g/mol. The van der Waals surface area contributed by atoms with Crippen LogP contribution in [0.4, 0.5) is 4.79 Å². The van der Waals surface area contributed by atoms with Gasteiger partial charge < -0.3 is 15.4 Å². The van der Waals surface area contributed by atoms with Gasteiger partial charge in [-0.1, -0.05) is 49.7 Å². The fourth-order valence-electron chi connectivity index (χ4n) is 3.67. The summed E-state index contributed by atoms with van der Waals surface area (Å²) >= 11 is 0. The average Bonchev–Trinajstić information content (AvgIpc) is 2.99. The largest absolute Gasteiger partial charge is 0.497 e. The Kier molecular flexibility index (Phi) is 6.95. The van der Waals surface area contributed by atoms with Crippen LogP contribution in [-0.4, -0.2) is 42.9 Å². The molecule has 4 amide bonds. The van der Waals surface area contributed by atoms with Crippen LogP contribution in [0, 0.1) is 0 Å². The number of nitrogens with zero attached hydrogens (tertiary/aromatic N) is 1. The highest BCUT2D eigenvalue weighted by molar-refractivity contribution is 6.09. The molecule has 1 saturated heterocycles. The Morgan fingerprint density at radius 3 is 2.26 bits per heavy atom. The molecule has 7 heteroatoms. The Balaban J connectivity index is 1.56. The molecule has 0 aliphatic carbocycles. The van der Waals surface area contributed by atoms with Crippen molar-refractivity contribution < 1.29 is 19.1 Å². The van der Waals surface area contributed by atoms with Crippen molar-refractivity contribution in [1.29, 1.82) is 0 Å². The Hall–Kier alpha value is -3.35. The second-order valence-electron chi connectivity index (χ2n) is 7.84. The van der Waals surface area contributed by atoms with Gasteiger partial charge in [0.15, 0.2) is 0 Å². The number of carbonyl (C=O) groups excluding carboxylic acids is 3. The number of urea groups is 1. The molecule has 0 bridgehead atoms.